The van der Waals surface area contributed by atoms with E-state index >= 15 is 0 Å². The van der Waals surface area contributed by atoms with Crippen molar-refractivity contribution in [2.75, 3.05) is 11.9 Å². The number of anilines is 2. The summed E-state index contributed by atoms with van der Waals surface area (Å²) in [5.41, 5.74) is 5.10. The van der Waals surface area contributed by atoms with Gasteiger partial charge in [-0.25, -0.2) is 0 Å². The third kappa shape index (κ3) is 3.63. The molecule has 0 bridgehead atoms. The van der Waals surface area contributed by atoms with Gasteiger partial charge in [-0.15, -0.1) is 0 Å². The molecule has 2 aromatic heterocycles. The first kappa shape index (κ1) is 17.3. The van der Waals surface area contributed by atoms with Gasteiger partial charge in [-0.3, -0.25) is 10.1 Å². The van der Waals surface area contributed by atoms with E-state index in [1.807, 2.05) is 42.5 Å². The Bertz CT molecular complexity index is 1210. The number of rotatable bonds is 6. The van der Waals surface area contributed by atoms with Gasteiger partial charge >= 0.3 is 0 Å². The summed E-state index contributed by atoms with van der Waals surface area (Å²) in [5, 5.41) is 21.4. The van der Waals surface area contributed by atoms with E-state index in [-0.39, 0.29) is 0 Å². The average Bonchev–Trinajstić information content (AvgIpc) is 3.50. The minimum Gasteiger partial charge on any atom is -0.492 e. The van der Waals surface area contributed by atoms with Gasteiger partial charge in [-0.1, -0.05) is 12.1 Å². The minimum absolute atomic E-state index is 0.529. The predicted molar refractivity (Wildman–Crippen MR) is 112 cm³/mol. The van der Waals surface area contributed by atoms with Crippen LogP contribution in [-0.2, 0) is 0 Å². The number of nitrogens with zero attached hydrogens (tertiary/aromatic N) is 3. The van der Waals surface area contributed by atoms with Crippen LogP contribution < -0.4 is 10.1 Å². The second-order valence-corrected chi connectivity index (χ2v) is 7.27. The van der Waals surface area contributed by atoms with Gasteiger partial charge in [0.15, 0.2) is 0 Å². The molecular formula is C23H19N5O. The molecule has 0 amide bonds. The number of aromatic nitrogens is 3. The van der Waals surface area contributed by atoms with Gasteiger partial charge in [0.1, 0.15) is 17.5 Å². The van der Waals surface area contributed by atoms with Crippen LogP contribution in [0.3, 0.4) is 0 Å². The SMILES string of the molecule is N#Cc1cc2[nH]nc(-c3cccc(Nc4ccncc4)c3)c2cc1OCC1CC1. The van der Waals surface area contributed by atoms with Crippen molar-refractivity contribution in [1.82, 2.24) is 15.2 Å². The fraction of sp³-hybridized carbons (Fsp3) is 0.174. The van der Waals surface area contributed by atoms with E-state index in [0.717, 1.165) is 33.5 Å². The number of benzene rings is 2. The number of H-pyrrole nitrogens is 1. The molecule has 2 N–H and O–H groups in total. The molecule has 6 nitrogen and oxygen atoms in total. The molecule has 2 heterocycles. The summed E-state index contributed by atoms with van der Waals surface area (Å²) in [6.45, 7) is 0.665. The minimum atomic E-state index is 0.529. The van der Waals surface area contributed by atoms with Crippen LogP contribution in [0.4, 0.5) is 11.4 Å². The maximum absolute atomic E-state index is 9.48. The average molecular weight is 381 g/mol. The standard InChI is InChI=1S/C23H19N5O/c24-13-17-11-21-20(12-22(17)29-14-15-4-5-15)23(28-27-21)16-2-1-3-19(10-16)26-18-6-8-25-9-7-18/h1-3,6-12,15H,4-5,14H2,(H,25,26)(H,27,28). The molecule has 2 aromatic carbocycles. The second-order valence-electron chi connectivity index (χ2n) is 7.27. The van der Waals surface area contributed by atoms with Crippen molar-refractivity contribution in [3.63, 3.8) is 0 Å². The monoisotopic (exact) mass is 381 g/mol. The van der Waals surface area contributed by atoms with Gasteiger partial charge < -0.3 is 10.1 Å². The topological polar surface area (TPSA) is 86.6 Å². The molecule has 0 aliphatic heterocycles. The highest BCUT2D eigenvalue weighted by Gasteiger charge is 2.23. The highest BCUT2D eigenvalue weighted by atomic mass is 16.5. The number of pyridine rings is 1. The second kappa shape index (κ2) is 7.28. The van der Waals surface area contributed by atoms with Crippen LogP contribution in [0.25, 0.3) is 22.2 Å². The van der Waals surface area contributed by atoms with Crippen molar-refractivity contribution in [2.45, 2.75) is 12.8 Å². The predicted octanol–water partition coefficient (Wildman–Crippen LogP) is 5.03. The van der Waals surface area contributed by atoms with Crippen LogP contribution >= 0.6 is 0 Å². The Labute approximate surface area is 168 Å². The zero-order chi connectivity index (χ0) is 19.6. The number of nitriles is 1. The van der Waals surface area contributed by atoms with Crippen LogP contribution in [-0.4, -0.2) is 21.8 Å². The summed E-state index contributed by atoms with van der Waals surface area (Å²) in [5.74, 6) is 1.25. The lowest BCUT2D eigenvalue weighted by atomic mass is 10.0. The first-order valence-corrected chi connectivity index (χ1v) is 9.62. The van der Waals surface area contributed by atoms with E-state index in [9.17, 15) is 5.26 Å². The zero-order valence-electron chi connectivity index (χ0n) is 15.7. The summed E-state index contributed by atoms with van der Waals surface area (Å²) in [7, 11) is 0. The largest absolute Gasteiger partial charge is 0.492 e. The maximum atomic E-state index is 9.48. The molecule has 0 atom stereocenters. The molecule has 142 valence electrons. The van der Waals surface area contributed by atoms with Gasteiger partial charge in [0.25, 0.3) is 0 Å². The van der Waals surface area contributed by atoms with Crippen LogP contribution in [0.2, 0.25) is 0 Å². The number of ether oxygens (including phenoxy) is 1. The Kier molecular flexibility index (Phi) is 4.34. The number of hydrogen-bond acceptors (Lipinski definition) is 5. The molecule has 0 unspecified atom stereocenters. The number of hydrogen-bond donors (Lipinski definition) is 2. The molecular weight excluding hydrogens is 362 g/mol. The molecule has 0 spiro atoms. The van der Waals surface area contributed by atoms with Gasteiger partial charge in [-0.2, -0.15) is 10.4 Å². The van der Waals surface area contributed by atoms with E-state index in [1.54, 1.807) is 12.4 Å². The van der Waals surface area contributed by atoms with E-state index in [2.05, 4.69) is 32.6 Å². The van der Waals surface area contributed by atoms with Crippen molar-refractivity contribution in [2.24, 2.45) is 5.92 Å². The highest BCUT2D eigenvalue weighted by Crippen LogP contribution is 2.35. The van der Waals surface area contributed by atoms with E-state index in [0.29, 0.717) is 23.8 Å². The van der Waals surface area contributed by atoms with Crippen molar-refractivity contribution in [3.8, 4) is 23.1 Å². The number of aromatic amines is 1. The van der Waals surface area contributed by atoms with Gasteiger partial charge in [0.2, 0.25) is 0 Å². The van der Waals surface area contributed by atoms with Crippen molar-refractivity contribution in [1.29, 1.82) is 5.26 Å². The summed E-state index contributed by atoms with van der Waals surface area (Å²) in [4.78, 5) is 4.04. The number of fused-ring (bicyclic) bond motifs is 1. The normalized spacial score (nSPS) is 13.2. The molecule has 1 aliphatic rings. The molecule has 1 saturated carbocycles. The zero-order valence-corrected chi connectivity index (χ0v) is 15.7. The lowest BCUT2D eigenvalue weighted by Crippen LogP contribution is -2.00. The smallest absolute Gasteiger partial charge is 0.137 e. The molecule has 0 radical (unpaired) electrons. The van der Waals surface area contributed by atoms with Crippen LogP contribution in [0, 0.1) is 17.2 Å². The van der Waals surface area contributed by atoms with E-state index in [4.69, 9.17) is 4.74 Å². The summed E-state index contributed by atoms with van der Waals surface area (Å²) in [6, 6.07) is 17.9. The Hall–Kier alpha value is -3.85. The highest BCUT2D eigenvalue weighted by molar-refractivity contribution is 5.95. The van der Waals surface area contributed by atoms with Crippen molar-refractivity contribution < 1.29 is 4.74 Å². The van der Waals surface area contributed by atoms with Crippen molar-refractivity contribution in [3.05, 3.63) is 66.5 Å². The molecule has 29 heavy (non-hydrogen) atoms. The van der Waals surface area contributed by atoms with Gasteiger partial charge in [-0.05, 0) is 55.2 Å². The maximum Gasteiger partial charge on any atom is 0.137 e. The van der Waals surface area contributed by atoms with Crippen LogP contribution in [0.15, 0.2) is 60.9 Å². The number of nitrogens with one attached hydrogen (secondary N) is 2. The van der Waals surface area contributed by atoms with Gasteiger partial charge in [0, 0.05) is 34.7 Å². The summed E-state index contributed by atoms with van der Waals surface area (Å²) >= 11 is 0. The lowest BCUT2D eigenvalue weighted by molar-refractivity contribution is 0.299. The third-order valence-corrected chi connectivity index (χ3v) is 5.06. The third-order valence-electron chi connectivity index (χ3n) is 5.06. The molecule has 1 fully saturated rings. The molecule has 5 rings (SSSR count). The first-order valence-electron chi connectivity index (χ1n) is 9.62. The summed E-state index contributed by atoms with van der Waals surface area (Å²) in [6.07, 6.45) is 5.92. The Morgan fingerprint density at radius 2 is 1.97 bits per heavy atom. The molecule has 0 saturated heterocycles. The lowest BCUT2D eigenvalue weighted by Gasteiger charge is -2.09. The summed E-state index contributed by atoms with van der Waals surface area (Å²) < 4.78 is 5.94. The fourth-order valence-corrected chi connectivity index (χ4v) is 3.31. The van der Waals surface area contributed by atoms with Crippen molar-refractivity contribution >= 4 is 22.3 Å². The van der Waals surface area contributed by atoms with E-state index in [1.165, 1.54) is 12.8 Å². The van der Waals surface area contributed by atoms with E-state index < -0.39 is 0 Å². The Balaban J connectivity index is 1.50. The Morgan fingerprint density at radius 1 is 1.10 bits per heavy atom. The molecule has 1 aliphatic carbocycles. The molecule has 4 aromatic rings. The van der Waals surface area contributed by atoms with Crippen LogP contribution in [0.5, 0.6) is 5.75 Å². The van der Waals surface area contributed by atoms with Gasteiger partial charge in [0.05, 0.1) is 17.7 Å². The fourth-order valence-electron chi connectivity index (χ4n) is 3.31. The molecule has 6 heteroatoms. The quantitative estimate of drug-likeness (QED) is 0.489. The van der Waals surface area contributed by atoms with Crippen LogP contribution in [0.1, 0.15) is 18.4 Å². The Morgan fingerprint density at radius 3 is 2.76 bits per heavy atom. The first-order chi connectivity index (χ1) is 14.3.